The topological polar surface area (TPSA) is 26.3 Å². The monoisotopic (exact) mass is 266 g/mol. The van der Waals surface area contributed by atoms with Crippen molar-refractivity contribution >= 4 is 16.8 Å². The molecule has 0 radical (unpaired) electrons. The number of carbonyl (C=O) groups is 1. The molecule has 0 aliphatic heterocycles. The first kappa shape index (κ1) is 13.8. The largest absolute Gasteiger partial charge is 0.481 e. The second-order valence-electron chi connectivity index (χ2n) is 3.34. The molecule has 0 saturated heterocycles. The van der Waals surface area contributed by atoms with Crippen LogP contribution < -0.4 is 4.74 Å². The van der Waals surface area contributed by atoms with Crippen LogP contribution >= 0.6 is 11.6 Å². The van der Waals surface area contributed by atoms with Crippen LogP contribution in [0.1, 0.15) is 18.9 Å². The van der Waals surface area contributed by atoms with Gasteiger partial charge in [-0.1, -0.05) is 13.0 Å². The molecule has 0 aliphatic rings. The first-order valence-electron chi connectivity index (χ1n) is 4.88. The minimum atomic E-state index is -4.44. The van der Waals surface area contributed by atoms with Crippen molar-refractivity contribution < 1.29 is 22.7 Å². The number of hydrogen-bond acceptors (Lipinski definition) is 2. The molecule has 0 aliphatic carbocycles. The average Bonchev–Trinajstić information content (AvgIpc) is 2.24. The predicted molar refractivity (Wildman–Crippen MR) is 57.0 cm³/mol. The van der Waals surface area contributed by atoms with Crippen LogP contribution in [0.3, 0.4) is 0 Å². The van der Waals surface area contributed by atoms with Crippen molar-refractivity contribution in [2.75, 3.05) is 0 Å². The highest BCUT2D eigenvalue weighted by atomic mass is 35.5. The van der Waals surface area contributed by atoms with Crippen LogP contribution in [0.4, 0.5) is 13.2 Å². The molecular formula is C11H10ClF3O2. The SMILES string of the molecule is CC[C@H](Oc1cccc(C(F)(F)F)c1)C(=O)Cl. The third-order valence-electron chi connectivity index (χ3n) is 2.06. The van der Waals surface area contributed by atoms with E-state index in [9.17, 15) is 18.0 Å². The van der Waals surface area contributed by atoms with Crippen LogP contribution in [0, 0.1) is 0 Å². The number of rotatable bonds is 4. The van der Waals surface area contributed by atoms with E-state index in [0.29, 0.717) is 6.42 Å². The molecule has 17 heavy (non-hydrogen) atoms. The Bertz CT molecular complexity index is 404. The van der Waals surface area contributed by atoms with Gasteiger partial charge in [0.05, 0.1) is 5.56 Å². The van der Waals surface area contributed by atoms with Gasteiger partial charge in [0.1, 0.15) is 5.75 Å². The fourth-order valence-electron chi connectivity index (χ4n) is 1.20. The quantitative estimate of drug-likeness (QED) is 0.778. The molecule has 0 amide bonds. The van der Waals surface area contributed by atoms with Crippen molar-refractivity contribution in [1.29, 1.82) is 0 Å². The zero-order valence-electron chi connectivity index (χ0n) is 8.92. The number of carbonyl (C=O) groups excluding carboxylic acids is 1. The summed E-state index contributed by atoms with van der Waals surface area (Å²) in [6, 6.07) is 4.32. The molecule has 0 saturated carbocycles. The normalized spacial score (nSPS) is 13.2. The molecule has 6 heteroatoms. The molecule has 1 aromatic carbocycles. The Balaban J connectivity index is 2.89. The second-order valence-corrected chi connectivity index (χ2v) is 3.72. The predicted octanol–water partition coefficient (Wildman–Crippen LogP) is 3.63. The zero-order valence-corrected chi connectivity index (χ0v) is 9.68. The first-order valence-corrected chi connectivity index (χ1v) is 5.25. The summed E-state index contributed by atoms with van der Waals surface area (Å²) >= 11 is 5.24. The Hall–Kier alpha value is -1.23. The fraction of sp³-hybridized carbons (Fsp3) is 0.364. The third kappa shape index (κ3) is 3.93. The van der Waals surface area contributed by atoms with Crippen molar-refractivity contribution in [1.82, 2.24) is 0 Å². The van der Waals surface area contributed by atoms with Gasteiger partial charge < -0.3 is 4.74 Å². The van der Waals surface area contributed by atoms with Gasteiger partial charge in [-0.25, -0.2) is 0 Å². The molecule has 0 N–H and O–H groups in total. The van der Waals surface area contributed by atoms with E-state index in [1.165, 1.54) is 12.1 Å². The minimum Gasteiger partial charge on any atom is -0.481 e. The van der Waals surface area contributed by atoms with Gasteiger partial charge in [-0.05, 0) is 36.2 Å². The lowest BCUT2D eigenvalue weighted by molar-refractivity contribution is -0.137. The molecule has 1 atom stereocenters. The van der Waals surface area contributed by atoms with E-state index in [1.807, 2.05) is 0 Å². The standard InChI is InChI=1S/C11H10ClF3O2/c1-2-9(10(12)16)17-8-5-3-4-7(6-8)11(13,14)15/h3-6,9H,2H2,1H3/t9-/m0/s1. The van der Waals surface area contributed by atoms with Crippen molar-refractivity contribution in [2.45, 2.75) is 25.6 Å². The van der Waals surface area contributed by atoms with Crippen LogP contribution in [0.15, 0.2) is 24.3 Å². The molecule has 0 spiro atoms. The summed E-state index contributed by atoms with van der Waals surface area (Å²) in [4.78, 5) is 10.9. The van der Waals surface area contributed by atoms with E-state index in [1.54, 1.807) is 6.92 Å². The summed E-state index contributed by atoms with van der Waals surface area (Å²) in [6.45, 7) is 1.65. The highest BCUT2D eigenvalue weighted by molar-refractivity contribution is 6.64. The number of hydrogen-bond donors (Lipinski definition) is 0. The summed E-state index contributed by atoms with van der Waals surface area (Å²) in [5.41, 5.74) is -0.827. The van der Waals surface area contributed by atoms with Gasteiger partial charge >= 0.3 is 6.18 Å². The molecule has 1 aromatic rings. The summed E-state index contributed by atoms with van der Waals surface area (Å²) in [7, 11) is 0. The Morgan fingerprint density at radius 3 is 2.59 bits per heavy atom. The summed E-state index contributed by atoms with van der Waals surface area (Å²) in [5.74, 6) is -0.0272. The maximum atomic E-state index is 12.4. The van der Waals surface area contributed by atoms with Crippen LogP contribution in [0.25, 0.3) is 0 Å². The molecule has 0 fully saturated rings. The van der Waals surface area contributed by atoms with Crippen molar-refractivity contribution in [2.24, 2.45) is 0 Å². The lowest BCUT2D eigenvalue weighted by Gasteiger charge is -2.14. The molecule has 0 aromatic heterocycles. The Morgan fingerprint density at radius 1 is 1.47 bits per heavy atom. The van der Waals surface area contributed by atoms with E-state index < -0.39 is 23.1 Å². The Labute approximate surface area is 101 Å². The molecule has 1 rings (SSSR count). The second kappa shape index (κ2) is 5.40. The minimum absolute atomic E-state index is 0.0272. The van der Waals surface area contributed by atoms with E-state index >= 15 is 0 Å². The van der Waals surface area contributed by atoms with Gasteiger partial charge in [-0.2, -0.15) is 13.2 Å². The summed E-state index contributed by atoms with van der Waals surface area (Å²) in [5, 5.41) is -0.732. The molecule has 0 bridgehead atoms. The van der Waals surface area contributed by atoms with Gasteiger partial charge in [0.25, 0.3) is 5.24 Å². The van der Waals surface area contributed by atoms with Gasteiger partial charge in [-0.3, -0.25) is 4.79 Å². The van der Waals surface area contributed by atoms with Crippen LogP contribution in [0.2, 0.25) is 0 Å². The molecule has 2 nitrogen and oxygen atoms in total. The lowest BCUT2D eigenvalue weighted by atomic mass is 10.2. The van der Waals surface area contributed by atoms with Crippen LogP contribution in [0.5, 0.6) is 5.75 Å². The summed E-state index contributed by atoms with van der Waals surface area (Å²) < 4.78 is 42.3. The highest BCUT2D eigenvalue weighted by Crippen LogP contribution is 2.31. The molecular weight excluding hydrogens is 257 g/mol. The van der Waals surface area contributed by atoms with E-state index in [-0.39, 0.29) is 5.75 Å². The number of ether oxygens (including phenoxy) is 1. The first-order chi connectivity index (χ1) is 7.84. The van der Waals surface area contributed by atoms with Gasteiger partial charge in [0.2, 0.25) is 0 Å². The van der Waals surface area contributed by atoms with Crippen molar-refractivity contribution in [3.05, 3.63) is 29.8 Å². The van der Waals surface area contributed by atoms with Gasteiger partial charge in [-0.15, -0.1) is 0 Å². The fourth-order valence-corrected chi connectivity index (χ4v) is 1.40. The smallest absolute Gasteiger partial charge is 0.416 e. The molecule has 0 heterocycles. The van der Waals surface area contributed by atoms with Gasteiger partial charge in [0.15, 0.2) is 6.10 Å². The molecule has 0 unspecified atom stereocenters. The maximum Gasteiger partial charge on any atom is 0.416 e. The van der Waals surface area contributed by atoms with Gasteiger partial charge in [0, 0.05) is 0 Å². The number of alkyl halides is 3. The van der Waals surface area contributed by atoms with E-state index in [4.69, 9.17) is 16.3 Å². The summed E-state index contributed by atoms with van der Waals surface area (Å²) in [6.07, 6.45) is -5.08. The van der Waals surface area contributed by atoms with Crippen LogP contribution in [-0.2, 0) is 11.0 Å². The maximum absolute atomic E-state index is 12.4. The van der Waals surface area contributed by atoms with Crippen molar-refractivity contribution in [3.8, 4) is 5.75 Å². The number of benzene rings is 1. The zero-order chi connectivity index (χ0) is 13.1. The average molecular weight is 267 g/mol. The van der Waals surface area contributed by atoms with E-state index in [0.717, 1.165) is 12.1 Å². The van der Waals surface area contributed by atoms with Crippen molar-refractivity contribution in [3.63, 3.8) is 0 Å². The Kier molecular flexibility index (Phi) is 4.40. The Morgan fingerprint density at radius 2 is 2.12 bits per heavy atom. The van der Waals surface area contributed by atoms with Crippen LogP contribution in [-0.4, -0.2) is 11.3 Å². The van der Waals surface area contributed by atoms with E-state index in [2.05, 4.69) is 0 Å². The molecule has 94 valence electrons. The third-order valence-corrected chi connectivity index (χ3v) is 2.31. The highest BCUT2D eigenvalue weighted by Gasteiger charge is 2.30. The number of halogens is 4. The lowest BCUT2D eigenvalue weighted by Crippen LogP contribution is -2.22.